The highest BCUT2D eigenvalue weighted by atomic mass is 19.3. The van der Waals surface area contributed by atoms with Crippen molar-refractivity contribution in [3.8, 4) is 0 Å². The summed E-state index contributed by atoms with van der Waals surface area (Å²) in [4.78, 5) is 0. The lowest BCUT2D eigenvalue weighted by Gasteiger charge is -1.91. The molecule has 1 aliphatic rings. The fourth-order valence-electron chi connectivity index (χ4n) is 0.213. The maximum Gasteiger partial charge on any atom is 0.231 e. The van der Waals surface area contributed by atoms with Gasteiger partial charge in [-0.3, -0.25) is 0 Å². The molecule has 1 saturated carbocycles. The SMILES string of the molecule is [NH-]C1CC1(F)F. The number of rotatable bonds is 0. The van der Waals surface area contributed by atoms with Crippen molar-refractivity contribution in [2.75, 3.05) is 0 Å². The Morgan fingerprint density at radius 3 is 1.83 bits per heavy atom. The molecule has 0 aromatic rings. The quantitative estimate of drug-likeness (QED) is 0.431. The molecular weight excluding hydrogens is 88.0 g/mol. The van der Waals surface area contributed by atoms with E-state index in [-0.39, 0.29) is 6.42 Å². The molecule has 1 fully saturated rings. The van der Waals surface area contributed by atoms with Crippen LogP contribution >= 0.6 is 0 Å². The Hall–Kier alpha value is -0.180. The lowest BCUT2D eigenvalue weighted by atomic mass is 10.7. The third kappa shape index (κ3) is 0.391. The van der Waals surface area contributed by atoms with Crippen molar-refractivity contribution in [3.63, 3.8) is 0 Å². The van der Waals surface area contributed by atoms with Gasteiger partial charge in [-0.25, -0.2) is 8.78 Å². The minimum Gasteiger partial charge on any atom is -0.670 e. The zero-order valence-corrected chi connectivity index (χ0v) is 3.04. The first-order valence-corrected chi connectivity index (χ1v) is 1.72. The Morgan fingerprint density at radius 2 is 1.83 bits per heavy atom. The summed E-state index contributed by atoms with van der Waals surface area (Å²) in [6, 6.07) is -1.09. The van der Waals surface area contributed by atoms with Gasteiger partial charge in [-0.2, -0.15) is 0 Å². The molecule has 3 heteroatoms. The second kappa shape index (κ2) is 0.729. The van der Waals surface area contributed by atoms with Crippen LogP contribution < -0.4 is 0 Å². The molecule has 1 atom stereocenters. The maximum atomic E-state index is 11.3. The van der Waals surface area contributed by atoms with Crippen LogP contribution in [0.2, 0.25) is 0 Å². The molecule has 1 rings (SSSR count). The van der Waals surface area contributed by atoms with Gasteiger partial charge in [0.2, 0.25) is 5.92 Å². The van der Waals surface area contributed by atoms with Gasteiger partial charge in [-0.05, 0) is 6.42 Å². The van der Waals surface area contributed by atoms with E-state index in [9.17, 15) is 8.78 Å². The molecule has 36 valence electrons. The molecule has 0 radical (unpaired) electrons. The lowest BCUT2D eigenvalue weighted by Crippen LogP contribution is -1.90. The van der Waals surface area contributed by atoms with E-state index >= 15 is 0 Å². The van der Waals surface area contributed by atoms with Crippen molar-refractivity contribution in [2.24, 2.45) is 0 Å². The van der Waals surface area contributed by atoms with Gasteiger partial charge in [-0.1, -0.05) is 6.04 Å². The third-order valence-electron chi connectivity index (χ3n) is 0.826. The minimum absolute atomic E-state index is 0.229. The van der Waals surface area contributed by atoms with Crippen LogP contribution in [0.3, 0.4) is 0 Å². The van der Waals surface area contributed by atoms with E-state index in [1.165, 1.54) is 0 Å². The fourth-order valence-corrected chi connectivity index (χ4v) is 0.213. The molecule has 0 saturated heterocycles. The monoisotopic (exact) mass is 92.0 g/mol. The Morgan fingerprint density at radius 1 is 1.67 bits per heavy atom. The molecule has 0 bridgehead atoms. The molecule has 0 aromatic heterocycles. The first-order chi connectivity index (χ1) is 2.63. The smallest absolute Gasteiger partial charge is 0.231 e. The van der Waals surface area contributed by atoms with Gasteiger partial charge < -0.3 is 5.73 Å². The van der Waals surface area contributed by atoms with Crippen molar-refractivity contribution in [3.05, 3.63) is 5.73 Å². The Balaban J connectivity index is 2.41. The number of hydrogen-bond acceptors (Lipinski definition) is 0. The first-order valence-electron chi connectivity index (χ1n) is 1.72. The topological polar surface area (TPSA) is 23.8 Å². The maximum absolute atomic E-state index is 11.3. The van der Waals surface area contributed by atoms with Gasteiger partial charge in [0, 0.05) is 0 Å². The van der Waals surface area contributed by atoms with Crippen LogP contribution in [0.5, 0.6) is 0 Å². The molecule has 0 aromatic carbocycles. The van der Waals surface area contributed by atoms with Crippen LogP contribution in [0, 0.1) is 0 Å². The van der Waals surface area contributed by atoms with Gasteiger partial charge >= 0.3 is 0 Å². The predicted octanol–water partition coefficient (Wildman–Crippen LogP) is 1.45. The summed E-state index contributed by atoms with van der Waals surface area (Å²) in [6.45, 7) is 0. The summed E-state index contributed by atoms with van der Waals surface area (Å²) in [5.41, 5.74) is 6.35. The molecule has 6 heavy (non-hydrogen) atoms. The predicted molar refractivity (Wildman–Crippen MR) is 17.7 cm³/mol. The van der Waals surface area contributed by atoms with E-state index < -0.39 is 12.0 Å². The molecule has 1 nitrogen and oxygen atoms in total. The van der Waals surface area contributed by atoms with Crippen LogP contribution in [-0.2, 0) is 0 Å². The molecular formula is C3H4F2N-. The minimum atomic E-state index is -2.62. The molecule has 1 N–H and O–H groups in total. The summed E-state index contributed by atoms with van der Waals surface area (Å²) in [6.07, 6.45) is -0.229. The molecule has 1 aliphatic carbocycles. The molecule has 0 aliphatic heterocycles. The highest BCUT2D eigenvalue weighted by molar-refractivity contribution is 5.06. The Labute approximate surface area is 34.1 Å². The van der Waals surface area contributed by atoms with Crippen LogP contribution in [-0.4, -0.2) is 12.0 Å². The summed E-state index contributed by atoms with van der Waals surface area (Å²) in [5, 5.41) is 0. The summed E-state index contributed by atoms with van der Waals surface area (Å²) < 4.78 is 22.7. The highest BCUT2D eigenvalue weighted by Gasteiger charge is 2.47. The van der Waals surface area contributed by atoms with E-state index in [1.54, 1.807) is 0 Å². The number of nitrogens with one attached hydrogen (secondary N) is 1. The van der Waals surface area contributed by atoms with Crippen LogP contribution in [0.4, 0.5) is 8.78 Å². The normalized spacial score (nSPS) is 39.5. The Bertz CT molecular complexity index is 71.2. The third-order valence-corrected chi connectivity index (χ3v) is 0.826. The number of hydrogen-bond donors (Lipinski definition) is 0. The van der Waals surface area contributed by atoms with E-state index in [2.05, 4.69) is 0 Å². The average molecular weight is 92.1 g/mol. The molecule has 0 amide bonds. The molecule has 0 heterocycles. The lowest BCUT2D eigenvalue weighted by molar-refractivity contribution is 0.118. The zero-order valence-electron chi connectivity index (χ0n) is 3.04. The van der Waals surface area contributed by atoms with Crippen molar-refractivity contribution >= 4 is 0 Å². The fraction of sp³-hybridized carbons (Fsp3) is 1.00. The molecule has 0 spiro atoms. The summed E-state index contributed by atoms with van der Waals surface area (Å²) in [5.74, 6) is -2.62. The van der Waals surface area contributed by atoms with Gasteiger partial charge in [0.15, 0.2) is 0 Å². The van der Waals surface area contributed by atoms with Gasteiger partial charge in [0.1, 0.15) is 0 Å². The number of halogens is 2. The van der Waals surface area contributed by atoms with Crippen LogP contribution in [0.1, 0.15) is 6.42 Å². The standard InChI is InChI=1S/C3H4F2N/c4-3(5)1-2(3)6/h2,6H,1H2/q-1. The number of alkyl halides is 2. The second-order valence-corrected chi connectivity index (χ2v) is 1.52. The van der Waals surface area contributed by atoms with Gasteiger partial charge in [0.25, 0.3) is 0 Å². The average Bonchev–Trinajstić information content (AvgIpc) is 1.73. The van der Waals surface area contributed by atoms with Crippen molar-refractivity contribution in [1.29, 1.82) is 0 Å². The van der Waals surface area contributed by atoms with Gasteiger partial charge in [-0.15, -0.1) is 0 Å². The van der Waals surface area contributed by atoms with E-state index in [0.717, 1.165) is 0 Å². The highest BCUT2D eigenvalue weighted by Crippen LogP contribution is 2.43. The van der Waals surface area contributed by atoms with E-state index in [1.807, 2.05) is 0 Å². The van der Waals surface area contributed by atoms with Crippen LogP contribution in [0.25, 0.3) is 5.73 Å². The van der Waals surface area contributed by atoms with Crippen molar-refractivity contribution in [2.45, 2.75) is 18.4 Å². The summed E-state index contributed by atoms with van der Waals surface area (Å²) >= 11 is 0. The zero-order chi connectivity index (χ0) is 4.78. The summed E-state index contributed by atoms with van der Waals surface area (Å²) in [7, 11) is 0. The Kier molecular flexibility index (Phi) is 0.485. The van der Waals surface area contributed by atoms with E-state index in [0.29, 0.717) is 0 Å². The molecule has 1 unspecified atom stereocenters. The largest absolute Gasteiger partial charge is 0.670 e. The second-order valence-electron chi connectivity index (χ2n) is 1.52. The van der Waals surface area contributed by atoms with Crippen molar-refractivity contribution < 1.29 is 8.78 Å². The van der Waals surface area contributed by atoms with Crippen molar-refractivity contribution in [1.82, 2.24) is 0 Å². The van der Waals surface area contributed by atoms with Gasteiger partial charge in [0.05, 0.1) is 0 Å². The first kappa shape index (κ1) is 3.99. The van der Waals surface area contributed by atoms with E-state index in [4.69, 9.17) is 5.73 Å². The van der Waals surface area contributed by atoms with Crippen LogP contribution in [0.15, 0.2) is 0 Å².